The lowest BCUT2D eigenvalue weighted by atomic mass is 9.96. The molecular weight excluding hydrogens is 290 g/mol. The molecule has 1 saturated carbocycles. The van der Waals surface area contributed by atoms with Gasteiger partial charge in [0, 0.05) is 23.3 Å². The Bertz CT molecular complexity index is 808. The van der Waals surface area contributed by atoms with Gasteiger partial charge in [0.15, 0.2) is 0 Å². The van der Waals surface area contributed by atoms with Crippen LogP contribution in [-0.2, 0) is 0 Å². The van der Waals surface area contributed by atoms with E-state index in [-0.39, 0.29) is 6.10 Å². The standard InChI is InChI=1S/C17H21N5O/c1-2-15(11-3-4-13(23)7-11)22-9-12(8-21-22)16-14-5-6-18-17(14)20-10-19-16/h5-6,8-11,13,15,23H,2-4,7H2,1H3,(H,18,19,20)/t11-,13-,15?/m0/s1. The van der Waals surface area contributed by atoms with E-state index in [9.17, 15) is 5.11 Å². The summed E-state index contributed by atoms with van der Waals surface area (Å²) in [5.74, 6) is 0.500. The van der Waals surface area contributed by atoms with Gasteiger partial charge in [0.1, 0.15) is 12.0 Å². The number of aliphatic hydroxyl groups excluding tert-OH is 1. The zero-order valence-electron chi connectivity index (χ0n) is 13.2. The van der Waals surface area contributed by atoms with Gasteiger partial charge in [0.2, 0.25) is 0 Å². The molecule has 1 aliphatic carbocycles. The predicted molar refractivity (Wildman–Crippen MR) is 87.8 cm³/mol. The van der Waals surface area contributed by atoms with Crippen LogP contribution in [0.15, 0.2) is 31.0 Å². The van der Waals surface area contributed by atoms with Crippen molar-refractivity contribution in [2.75, 3.05) is 0 Å². The Morgan fingerprint density at radius 2 is 2.30 bits per heavy atom. The first-order valence-corrected chi connectivity index (χ1v) is 8.27. The van der Waals surface area contributed by atoms with Crippen LogP contribution in [0.2, 0.25) is 0 Å². The number of nitrogens with one attached hydrogen (secondary N) is 1. The quantitative estimate of drug-likeness (QED) is 0.776. The number of fused-ring (bicyclic) bond motifs is 1. The van der Waals surface area contributed by atoms with Gasteiger partial charge in [-0.2, -0.15) is 5.10 Å². The summed E-state index contributed by atoms with van der Waals surface area (Å²) in [5, 5.41) is 15.4. The zero-order chi connectivity index (χ0) is 15.8. The van der Waals surface area contributed by atoms with Crippen molar-refractivity contribution in [1.82, 2.24) is 24.7 Å². The van der Waals surface area contributed by atoms with Crippen LogP contribution in [0.3, 0.4) is 0 Å². The summed E-state index contributed by atoms with van der Waals surface area (Å²) in [6.45, 7) is 2.19. The molecule has 3 heterocycles. The Kier molecular flexibility index (Phi) is 3.61. The molecule has 120 valence electrons. The minimum absolute atomic E-state index is 0.148. The predicted octanol–water partition coefficient (Wildman–Crippen LogP) is 2.93. The van der Waals surface area contributed by atoms with Crippen LogP contribution < -0.4 is 0 Å². The largest absolute Gasteiger partial charge is 0.393 e. The second-order valence-corrected chi connectivity index (χ2v) is 6.37. The molecule has 3 aromatic rings. The molecule has 0 radical (unpaired) electrons. The van der Waals surface area contributed by atoms with Crippen LogP contribution >= 0.6 is 0 Å². The number of nitrogens with zero attached hydrogens (tertiary/aromatic N) is 4. The Labute approximate surface area is 134 Å². The van der Waals surface area contributed by atoms with Gasteiger partial charge in [-0.15, -0.1) is 0 Å². The van der Waals surface area contributed by atoms with Crippen molar-refractivity contribution < 1.29 is 5.11 Å². The lowest BCUT2D eigenvalue weighted by molar-refractivity contribution is 0.169. The highest BCUT2D eigenvalue weighted by molar-refractivity contribution is 5.89. The monoisotopic (exact) mass is 311 g/mol. The molecule has 0 amide bonds. The fourth-order valence-electron chi connectivity index (χ4n) is 3.82. The second kappa shape index (κ2) is 5.77. The Hall–Kier alpha value is -2.21. The van der Waals surface area contributed by atoms with Gasteiger partial charge in [-0.1, -0.05) is 6.92 Å². The number of H-pyrrole nitrogens is 1. The van der Waals surface area contributed by atoms with Gasteiger partial charge in [-0.25, -0.2) is 9.97 Å². The molecule has 3 aromatic heterocycles. The topological polar surface area (TPSA) is 79.6 Å². The van der Waals surface area contributed by atoms with E-state index in [0.717, 1.165) is 48.0 Å². The molecule has 4 rings (SSSR count). The molecule has 23 heavy (non-hydrogen) atoms. The minimum atomic E-state index is -0.148. The minimum Gasteiger partial charge on any atom is -0.393 e. The van der Waals surface area contributed by atoms with Gasteiger partial charge in [-0.3, -0.25) is 4.68 Å². The van der Waals surface area contributed by atoms with E-state index < -0.39 is 0 Å². The van der Waals surface area contributed by atoms with Crippen LogP contribution in [0.1, 0.15) is 38.6 Å². The average Bonchev–Trinajstić information content (AvgIpc) is 3.28. The third kappa shape index (κ3) is 2.53. The van der Waals surface area contributed by atoms with Gasteiger partial charge in [0.05, 0.1) is 24.0 Å². The summed E-state index contributed by atoms with van der Waals surface area (Å²) in [6, 6.07) is 2.33. The summed E-state index contributed by atoms with van der Waals surface area (Å²) in [7, 11) is 0. The number of hydrogen-bond acceptors (Lipinski definition) is 4. The zero-order valence-corrected chi connectivity index (χ0v) is 13.2. The molecule has 1 aliphatic rings. The van der Waals surface area contributed by atoms with Gasteiger partial charge < -0.3 is 10.1 Å². The Morgan fingerprint density at radius 1 is 1.39 bits per heavy atom. The van der Waals surface area contributed by atoms with Crippen molar-refractivity contribution in [3.8, 4) is 11.3 Å². The lowest BCUT2D eigenvalue weighted by Crippen LogP contribution is -2.18. The first-order chi connectivity index (χ1) is 11.3. The molecule has 0 spiro atoms. The van der Waals surface area contributed by atoms with E-state index in [1.807, 2.05) is 18.5 Å². The summed E-state index contributed by atoms with van der Waals surface area (Å²) in [4.78, 5) is 11.8. The van der Waals surface area contributed by atoms with Crippen LogP contribution in [0.25, 0.3) is 22.3 Å². The SMILES string of the molecule is CCC([C@H]1CC[C@H](O)C1)n1cc(-c2ncnc3[nH]ccc23)cn1. The molecular formula is C17H21N5O. The highest BCUT2D eigenvalue weighted by Crippen LogP contribution is 2.36. The van der Waals surface area contributed by atoms with Crippen molar-refractivity contribution >= 4 is 11.0 Å². The highest BCUT2D eigenvalue weighted by Gasteiger charge is 2.30. The normalized spacial score (nSPS) is 22.7. The fraction of sp³-hybridized carbons (Fsp3) is 0.471. The molecule has 6 nitrogen and oxygen atoms in total. The van der Waals surface area contributed by atoms with E-state index in [0.29, 0.717) is 12.0 Å². The maximum Gasteiger partial charge on any atom is 0.141 e. The Morgan fingerprint density at radius 3 is 3.09 bits per heavy atom. The lowest BCUT2D eigenvalue weighted by Gasteiger charge is -2.22. The fourth-order valence-corrected chi connectivity index (χ4v) is 3.82. The third-order valence-corrected chi connectivity index (χ3v) is 4.98. The summed E-state index contributed by atoms with van der Waals surface area (Å²) >= 11 is 0. The maximum absolute atomic E-state index is 9.82. The number of hydrogen-bond donors (Lipinski definition) is 2. The molecule has 0 bridgehead atoms. The number of aromatic nitrogens is 5. The van der Waals surface area contributed by atoms with Crippen molar-refractivity contribution in [3.63, 3.8) is 0 Å². The molecule has 3 atom stereocenters. The number of rotatable bonds is 4. The molecule has 0 aliphatic heterocycles. The smallest absolute Gasteiger partial charge is 0.141 e. The van der Waals surface area contributed by atoms with Crippen molar-refractivity contribution in [1.29, 1.82) is 0 Å². The molecule has 0 aromatic carbocycles. The third-order valence-electron chi connectivity index (χ3n) is 4.98. The average molecular weight is 311 g/mol. The molecule has 2 N–H and O–H groups in total. The second-order valence-electron chi connectivity index (χ2n) is 6.37. The molecule has 1 fully saturated rings. The van der Waals surface area contributed by atoms with Crippen molar-refractivity contribution in [2.45, 2.75) is 44.8 Å². The van der Waals surface area contributed by atoms with Crippen molar-refractivity contribution in [3.05, 3.63) is 31.0 Å². The van der Waals surface area contributed by atoms with E-state index in [2.05, 4.69) is 37.9 Å². The molecule has 0 saturated heterocycles. The van der Waals surface area contributed by atoms with E-state index in [1.54, 1.807) is 6.33 Å². The van der Waals surface area contributed by atoms with E-state index >= 15 is 0 Å². The van der Waals surface area contributed by atoms with Crippen LogP contribution in [0.5, 0.6) is 0 Å². The van der Waals surface area contributed by atoms with Gasteiger partial charge in [-0.05, 0) is 37.7 Å². The van der Waals surface area contributed by atoms with Crippen LogP contribution in [-0.4, -0.2) is 35.9 Å². The summed E-state index contributed by atoms with van der Waals surface area (Å²) < 4.78 is 2.05. The first-order valence-electron chi connectivity index (χ1n) is 8.27. The maximum atomic E-state index is 9.82. The van der Waals surface area contributed by atoms with Gasteiger partial charge >= 0.3 is 0 Å². The van der Waals surface area contributed by atoms with E-state index in [4.69, 9.17) is 0 Å². The summed E-state index contributed by atoms with van der Waals surface area (Å²) in [6.07, 6.45) is 11.1. The van der Waals surface area contributed by atoms with Crippen LogP contribution in [0.4, 0.5) is 0 Å². The van der Waals surface area contributed by atoms with Crippen LogP contribution in [0, 0.1) is 5.92 Å². The molecule has 1 unspecified atom stereocenters. The number of aliphatic hydroxyl groups is 1. The highest BCUT2D eigenvalue weighted by atomic mass is 16.3. The number of aromatic amines is 1. The van der Waals surface area contributed by atoms with Crippen molar-refractivity contribution in [2.24, 2.45) is 5.92 Å². The first kappa shape index (κ1) is 14.4. The Balaban J connectivity index is 1.67. The molecule has 6 heteroatoms. The summed E-state index contributed by atoms with van der Waals surface area (Å²) in [5.41, 5.74) is 2.76. The van der Waals surface area contributed by atoms with E-state index in [1.165, 1.54) is 0 Å². The van der Waals surface area contributed by atoms with Gasteiger partial charge in [0.25, 0.3) is 0 Å².